The summed E-state index contributed by atoms with van der Waals surface area (Å²) in [5.41, 5.74) is 4.40. The zero-order valence-corrected chi connectivity index (χ0v) is 32.8. The van der Waals surface area contributed by atoms with Gasteiger partial charge in [-0.15, -0.1) is 0 Å². The summed E-state index contributed by atoms with van der Waals surface area (Å²) >= 11 is 0. The number of urea groups is 1. The van der Waals surface area contributed by atoms with Gasteiger partial charge in [0.25, 0.3) is 5.91 Å². The number of rotatable bonds is 12. The number of aryl methyl sites for hydroxylation is 1. The molecule has 2 N–H and O–H groups in total. The van der Waals surface area contributed by atoms with E-state index in [0.29, 0.717) is 81.7 Å². The van der Waals surface area contributed by atoms with E-state index < -0.39 is 18.0 Å². The fourth-order valence-electron chi connectivity index (χ4n) is 9.00. The molecule has 2 aromatic carbocycles. The maximum Gasteiger partial charge on any atom is 0.417 e. The second kappa shape index (κ2) is 18.0. The van der Waals surface area contributed by atoms with Gasteiger partial charge in [-0.25, -0.2) is 14.4 Å². The minimum atomic E-state index is -1.10. The molecule has 0 radical (unpaired) electrons. The van der Waals surface area contributed by atoms with Crippen LogP contribution >= 0.6 is 0 Å². The van der Waals surface area contributed by atoms with Crippen LogP contribution in [-0.2, 0) is 31.9 Å². The zero-order valence-electron chi connectivity index (χ0n) is 32.8. The summed E-state index contributed by atoms with van der Waals surface area (Å²) in [6.45, 7) is 7.64. The lowest BCUT2D eigenvalue weighted by Crippen LogP contribution is -2.53. The number of nitrogens with one attached hydrogen (secondary N) is 2. The Kier molecular flexibility index (Phi) is 12.6. The Morgan fingerprint density at radius 3 is 2.43 bits per heavy atom. The van der Waals surface area contributed by atoms with Gasteiger partial charge in [0.2, 0.25) is 0 Å². The van der Waals surface area contributed by atoms with Gasteiger partial charge < -0.3 is 33.9 Å². The lowest BCUT2D eigenvalue weighted by atomic mass is 9.99. The van der Waals surface area contributed by atoms with Crippen LogP contribution in [0.3, 0.4) is 0 Å². The predicted molar refractivity (Wildman–Crippen MR) is 210 cm³/mol. The molecule has 5 heterocycles. The molecule has 0 saturated carbocycles. The zero-order chi connectivity index (χ0) is 39.2. The number of benzene rings is 2. The molecule has 0 aliphatic carbocycles. The van der Waals surface area contributed by atoms with Crippen molar-refractivity contribution in [2.75, 3.05) is 51.2 Å². The number of carbonyl (C=O) groups is 4. The van der Waals surface area contributed by atoms with Crippen LogP contribution in [0.25, 0.3) is 11.1 Å². The molecule has 3 aromatic rings. The molecule has 56 heavy (non-hydrogen) atoms. The summed E-state index contributed by atoms with van der Waals surface area (Å²) in [5, 5.41) is 3.04. The third-order valence-electron chi connectivity index (χ3n) is 12.1. The van der Waals surface area contributed by atoms with Gasteiger partial charge in [0.05, 0.1) is 12.1 Å². The maximum atomic E-state index is 14.3. The van der Waals surface area contributed by atoms with Crippen LogP contribution in [0.4, 0.5) is 15.3 Å². The highest BCUT2D eigenvalue weighted by atomic mass is 16.6. The number of nitrogens with zero attached hydrogens (tertiary/aromatic N) is 4. The van der Waals surface area contributed by atoms with Crippen LogP contribution in [0.2, 0.25) is 0 Å². The molecule has 0 spiro atoms. The van der Waals surface area contributed by atoms with Crippen molar-refractivity contribution < 1.29 is 33.1 Å². The number of unbranched alkanes of at least 4 members (excludes halogenated alkanes) is 3. The Hall–Kier alpha value is -4.85. The number of esters is 1. The number of aromatic nitrogens is 1. The Balaban J connectivity index is 0.982. The van der Waals surface area contributed by atoms with Gasteiger partial charge in [0.15, 0.2) is 11.7 Å². The van der Waals surface area contributed by atoms with Crippen LogP contribution in [0.15, 0.2) is 45.6 Å². The molecule has 14 heteroatoms. The van der Waals surface area contributed by atoms with Gasteiger partial charge >= 0.3 is 23.8 Å². The largest absolute Gasteiger partial charge is 0.465 e. The molecular formula is C42H56N6O8. The average molecular weight is 773 g/mol. The molecule has 302 valence electrons. The third kappa shape index (κ3) is 9.06. The smallest absolute Gasteiger partial charge is 0.417 e. The monoisotopic (exact) mass is 772 g/mol. The molecule has 0 bridgehead atoms. The van der Waals surface area contributed by atoms with E-state index in [1.54, 1.807) is 15.9 Å². The van der Waals surface area contributed by atoms with Crippen molar-refractivity contribution in [2.24, 2.45) is 0 Å². The summed E-state index contributed by atoms with van der Waals surface area (Å²) in [5.74, 6) is -0.974. The van der Waals surface area contributed by atoms with E-state index in [-0.39, 0.29) is 42.5 Å². The van der Waals surface area contributed by atoms with Crippen molar-refractivity contribution in [3.8, 4) is 0 Å². The van der Waals surface area contributed by atoms with E-state index in [4.69, 9.17) is 13.9 Å². The highest BCUT2D eigenvalue weighted by Gasteiger charge is 2.40. The molecule has 2 atom stereocenters. The lowest BCUT2D eigenvalue weighted by Gasteiger charge is -2.40. The number of hydrogen-bond acceptors (Lipinski definition) is 9. The summed E-state index contributed by atoms with van der Waals surface area (Å²) in [7, 11) is 0. The number of carbonyl (C=O) groups excluding carboxylic acids is 4. The molecule has 4 aliphatic heterocycles. The predicted octanol–water partition coefficient (Wildman–Crippen LogP) is 5.61. The van der Waals surface area contributed by atoms with Crippen LogP contribution in [-0.4, -0.2) is 119 Å². The molecule has 1 aromatic heterocycles. The Morgan fingerprint density at radius 1 is 0.893 bits per heavy atom. The standard InChI is InChI=1S/C42H56N6O8/c1-3-4-5-8-24-54-39(50)34-12-9-18-47(34)31-14-19-45(20-15-31)38(49)36(27-29-25-28(2)37-35(26-29)55-41(52)44-37)56-42(53)46-21-16-32(17-22-46)48-23-13-30-10-6-7-11-33(30)43-40(48)51/h6-7,10-11,25-26,31-32,34,36H,3-5,8-9,12-24,27H2,1-2H3,(H,43,51)(H,44,52)/t34-,36+/m0/s1. The minimum absolute atomic E-state index is 0.0272. The maximum absolute atomic E-state index is 14.3. The van der Waals surface area contributed by atoms with Gasteiger partial charge in [-0.05, 0) is 93.7 Å². The Bertz CT molecular complexity index is 1930. The quantitative estimate of drug-likeness (QED) is 0.176. The lowest BCUT2D eigenvalue weighted by molar-refractivity contribution is -0.151. The van der Waals surface area contributed by atoms with Crippen LogP contribution in [0, 0.1) is 6.92 Å². The van der Waals surface area contributed by atoms with Crippen molar-refractivity contribution in [3.63, 3.8) is 0 Å². The third-order valence-corrected chi connectivity index (χ3v) is 12.1. The van der Waals surface area contributed by atoms with Gasteiger partial charge in [-0.1, -0.05) is 50.5 Å². The summed E-state index contributed by atoms with van der Waals surface area (Å²) in [6, 6.07) is 11.2. The number of piperidine rings is 2. The number of anilines is 1. The summed E-state index contributed by atoms with van der Waals surface area (Å²) in [6.07, 6.45) is 7.73. The number of aromatic amines is 1. The number of amides is 4. The first kappa shape index (κ1) is 39.4. The second-order valence-corrected chi connectivity index (χ2v) is 15.8. The van der Waals surface area contributed by atoms with Crippen LogP contribution in [0.1, 0.15) is 87.8 Å². The number of H-pyrrole nitrogens is 1. The van der Waals surface area contributed by atoms with E-state index in [2.05, 4.69) is 22.1 Å². The van der Waals surface area contributed by atoms with Gasteiger partial charge in [-0.2, -0.15) is 0 Å². The highest BCUT2D eigenvalue weighted by molar-refractivity contribution is 5.91. The van der Waals surface area contributed by atoms with E-state index in [1.807, 2.05) is 42.2 Å². The van der Waals surface area contributed by atoms with Crippen LogP contribution < -0.4 is 11.1 Å². The number of hydrogen-bond donors (Lipinski definition) is 2. The fourth-order valence-corrected chi connectivity index (χ4v) is 9.00. The highest BCUT2D eigenvalue weighted by Crippen LogP contribution is 2.29. The van der Waals surface area contributed by atoms with Gasteiger partial charge in [-0.3, -0.25) is 19.5 Å². The molecular weight excluding hydrogens is 716 g/mol. The topological polar surface area (TPSA) is 158 Å². The van der Waals surface area contributed by atoms with Crippen molar-refractivity contribution in [2.45, 2.75) is 115 Å². The molecule has 4 aliphatic rings. The molecule has 4 amide bonds. The van der Waals surface area contributed by atoms with Crippen molar-refractivity contribution in [3.05, 3.63) is 63.6 Å². The van der Waals surface area contributed by atoms with Crippen molar-refractivity contribution >= 4 is 40.8 Å². The second-order valence-electron chi connectivity index (χ2n) is 15.8. The molecule has 7 rings (SSSR count). The Morgan fingerprint density at radius 2 is 1.64 bits per heavy atom. The first-order valence-electron chi connectivity index (χ1n) is 20.6. The van der Waals surface area contributed by atoms with Crippen molar-refractivity contribution in [1.82, 2.24) is 24.6 Å². The first-order valence-corrected chi connectivity index (χ1v) is 20.6. The first-order chi connectivity index (χ1) is 27.2. The number of ether oxygens (including phenoxy) is 2. The minimum Gasteiger partial charge on any atom is -0.465 e. The summed E-state index contributed by atoms with van der Waals surface area (Å²) < 4.78 is 17.1. The van der Waals surface area contributed by atoms with Gasteiger partial charge in [0, 0.05) is 56.9 Å². The normalized spacial score (nSPS) is 20.4. The Labute approximate surface area is 327 Å². The van der Waals surface area contributed by atoms with E-state index in [0.717, 1.165) is 68.3 Å². The number of para-hydroxylation sites is 1. The number of oxazole rings is 1. The van der Waals surface area contributed by atoms with Gasteiger partial charge in [0.1, 0.15) is 6.04 Å². The molecule has 3 saturated heterocycles. The molecule has 0 unspecified atom stereocenters. The van der Waals surface area contributed by atoms with Crippen molar-refractivity contribution in [1.29, 1.82) is 0 Å². The van der Waals surface area contributed by atoms with E-state index in [9.17, 15) is 24.0 Å². The van der Waals surface area contributed by atoms with Crippen LogP contribution in [0.5, 0.6) is 0 Å². The average Bonchev–Trinajstić information content (AvgIpc) is 3.81. The molecule has 14 nitrogen and oxygen atoms in total. The van der Waals surface area contributed by atoms with E-state index >= 15 is 0 Å². The summed E-state index contributed by atoms with van der Waals surface area (Å²) in [4.78, 5) is 76.5. The number of likely N-dealkylation sites (tertiary alicyclic amines) is 3. The number of fused-ring (bicyclic) bond motifs is 2. The fraction of sp³-hybridized carbons (Fsp3) is 0.595. The van der Waals surface area contributed by atoms with E-state index in [1.165, 1.54) is 0 Å². The molecule has 3 fully saturated rings. The SMILES string of the molecule is CCCCCCOC(=O)[C@@H]1CCCN1C1CCN(C(=O)[C@@H](Cc2cc(C)c3[nH]c(=O)oc3c2)OC(=O)N2CCC(N3CCc4ccccc4NC3=O)CC2)CC1.